The minimum atomic E-state index is 0.370. The second kappa shape index (κ2) is 15.4. The second-order valence-electron chi connectivity index (χ2n) is 6.68. The molecule has 0 aliphatic rings. The first kappa shape index (κ1) is 20.0. The monoisotopic (exact) mass is 284 g/mol. The molecule has 0 aromatic heterocycles. The van der Waals surface area contributed by atoms with E-state index in [1.54, 1.807) is 0 Å². The lowest BCUT2D eigenvalue weighted by Gasteiger charge is -2.22. The van der Waals surface area contributed by atoms with Crippen LogP contribution in [0, 0.1) is 11.8 Å². The van der Waals surface area contributed by atoms with Crippen molar-refractivity contribution in [3.05, 3.63) is 0 Å². The van der Waals surface area contributed by atoms with Gasteiger partial charge in [-0.2, -0.15) is 0 Å². The highest BCUT2D eigenvalue weighted by Crippen LogP contribution is 2.25. The largest absolute Gasteiger partial charge is 0.396 e. The van der Waals surface area contributed by atoms with Crippen molar-refractivity contribution in [1.82, 2.24) is 0 Å². The van der Waals surface area contributed by atoms with Crippen molar-refractivity contribution in [2.24, 2.45) is 11.8 Å². The van der Waals surface area contributed by atoms with Gasteiger partial charge in [-0.3, -0.25) is 0 Å². The van der Waals surface area contributed by atoms with Crippen molar-refractivity contribution < 1.29 is 5.11 Å². The van der Waals surface area contributed by atoms with Crippen molar-refractivity contribution in [1.29, 1.82) is 0 Å². The maximum atomic E-state index is 9.42. The van der Waals surface area contributed by atoms with Crippen molar-refractivity contribution in [3.63, 3.8) is 0 Å². The van der Waals surface area contributed by atoms with Crippen molar-refractivity contribution >= 4 is 0 Å². The Kier molecular flexibility index (Phi) is 15.3. The van der Waals surface area contributed by atoms with Crippen molar-refractivity contribution in [2.75, 3.05) is 6.61 Å². The molecule has 0 fully saturated rings. The van der Waals surface area contributed by atoms with E-state index in [2.05, 4.69) is 20.8 Å². The van der Waals surface area contributed by atoms with Gasteiger partial charge in [0.25, 0.3) is 0 Å². The van der Waals surface area contributed by atoms with Gasteiger partial charge in [0.05, 0.1) is 0 Å². The Morgan fingerprint density at radius 2 is 1.05 bits per heavy atom. The summed E-state index contributed by atoms with van der Waals surface area (Å²) in [6, 6.07) is 0. The van der Waals surface area contributed by atoms with Gasteiger partial charge in [0.1, 0.15) is 0 Å². The number of aliphatic hydroxyl groups is 1. The zero-order valence-electron chi connectivity index (χ0n) is 14.5. The molecule has 2 atom stereocenters. The molecule has 0 aromatic rings. The highest BCUT2D eigenvalue weighted by molar-refractivity contribution is 4.67. The van der Waals surface area contributed by atoms with Crippen molar-refractivity contribution in [2.45, 2.75) is 104 Å². The van der Waals surface area contributed by atoms with Gasteiger partial charge in [-0.15, -0.1) is 0 Å². The Morgan fingerprint density at radius 3 is 1.45 bits per heavy atom. The molecule has 0 spiro atoms. The number of hydrogen-bond donors (Lipinski definition) is 1. The fraction of sp³-hybridized carbons (Fsp3) is 1.00. The van der Waals surface area contributed by atoms with Gasteiger partial charge in [-0.05, 0) is 11.8 Å². The van der Waals surface area contributed by atoms with E-state index < -0.39 is 0 Å². The highest BCUT2D eigenvalue weighted by Gasteiger charge is 2.15. The normalized spacial score (nSPS) is 14.4. The SMILES string of the molecule is CCCCCCCCC(CCCCCCC)[C@@H](C)CO. The zero-order chi connectivity index (χ0) is 15.1. The third-order valence-electron chi connectivity index (χ3n) is 4.70. The van der Waals surface area contributed by atoms with Gasteiger partial charge < -0.3 is 5.11 Å². The summed E-state index contributed by atoms with van der Waals surface area (Å²) in [5, 5.41) is 9.42. The Balaban J connectivity index is 3.68. The molecule has 1 nitrogen and oxygen atoms in total. The quantitative estimate of drug-likeness (QED) is 0.348. The predicted molar refractivity (Wildman–Crippen MR) is 91.1 cm³/mol. The van der Waals surface area contributed by atoms with E-state index in [0.717, 1.165) is 5.92 Å². The Hall–Kier alpha value is -0.0400. The van der Waals surface area contributed by atoms with Crippen LogP contribution in [0.15, 0.2) is 0 Å². The topological polar surface area (TPSA) is 20.2 Å². The van der Waals surface area contributed by atoms with Crippen LogP contribution in [0.5, 0.6) is 0 Å². The lowest BCUT2D eigenvalue weighted by atomic mass is 9.85. The van der Waals surface area contributed by atoms with E-state index in [-0.39, 0.29) is 0 Å². The molecule has 1 heteroatoms. The van der Waals surface area contributed by atoms with Crippen LogP contribution < -0.4 is 0 Å². The lowest BCUT2D eigenvalue weighted by molar-refractivity contribution is 0.171. The van der Waals surface area contributed by atoms with E-state index >= 15 is 0 Å². The molecular formula is C19H40O. The molecule has 0 saturated heterocycles. The summed E-state index contributed by atoms with van der Waals surface area (Å²) in [6.45, 7) is 7.15. The number of rotatable bonds is 15. The van der Waals surface area contributed by atoms with Gasteiger partial charge in [-0.25, -0.2) is 0 Å². The summed E-state index contributed by atoms with van der Waals surface area (Å²) in [5.74, 6) is 1.25. The maximum Gasteiger partial charge on any atom is 0.0459 e. The molecule has 0 bridgehead atoms. The zero-order valence-corrected chi connectivity index (χ0v) is 14.5. The average molecular weight is 285 g/mol. The summed E-state index contributed by atoms with van der Waals surface area (Å²) in [6.07, 6.45) is 17.8. The first-order chi connectivity index (χ1) is 9.76. The standard InChI is InChI=1S/C19H40O/c1-4-6-8-10-12-14-16-19(18(3)17-20)15-13-11-9-7-5-2/h18-20H,4-17H2,1-3H3/t18-,19?/m0/s1. The van der Waals surface area contributed by atoms with E-state index in [0.29, 0.717) is 12.5 Å². The minimum absolute atomic E-state index is 0.370. The number of hydrogen-bond acceptors (Lipinski definition) is 1. The molecule has 0 aliphatic carbocycles. The minimum Gasteiger partial charge on any atom is -0.396 e. The third-order valence-corrected chi connectivity index (χ3v) is 4.70. The Morgan fingerprint density at radius 1 is 0.650 bits per heavy atom. The average Bonchev–Trinajstić information content (AvgIpc) is 2.47. The first-order valence-corrected chi connectivity index (χ1v) is 9.37. The summed E-state index contributed by atoms with van der Waals surface area (Å²) in [5.41, 5.74) is 0. The van der Waals surface area contributed by atoms with Crippen LogP contribution in [0.25, 0.3) is 0 Å². The van der Waals surface area contributed by atoms with Crippen LogP contribution in [-0.2, 0) is 0 Å². The van der Waals surface area contributed by atoms with Gasteiger partial charge >= 0.3 is 0 Å². The fourth-order valence-corrected chi connectivity index (χ4v) is 3.06. The van der Waals surface area contributed by atoms with Gasteiger partial charge in [0, 0.05) is 6.61 Å². The molecule has 1 unspecified atom stereocenters. The van der Waals surface area contributed by atoms with E-state index in [9.17, 15) is 5.11 Å². The molecule has 0 radical (unpaired) electrons. The molecule has 0 aliphatic heterocycles. The molecule has 0 heterocycles. The van der Waals surface area contributed by atoms with Crippen LogP contribution >= 0.6 is 0 Å². The van der Waals surface area contributed by atoms with Crippen LogP contribution in [0.1, 0.15) is 104 Å². The number of aliphatic hydroxyl groups excluding tert-OH is 1. The Labute approximate surface area is 128 Å². The smallest absolute Gasteiger partial charge is 0.0459 e. The predicted octanol–water partition coefficient (Wildman–Crippen LogP) is 6.34. The molecule has 0 saturated carbocycles. The highest BCUT2D eigenvalue weighted by atomic mass is 16.3. The van der Waals surface area contributed by atoms with Crippen LogP contribution in [0.2, 0.25) is 0 Å². The molecule has 0 rings (SSSR count). The molecule has 0 amide bonds. The van der Waals surface area contributed by atoms with E-state index in [1.807, 2.05) is 0 Å². The third kappa shape index (κ3) is 11.8. The first-order valence-electron chi connectivity index (χ1n) is 9.37. The summed E-state index contributed by atoms with van der Waals surface area (Å²) in [7, 11) is 0. The molecule has 0 aromatic carbocycles. The number of unbranched alkanes of at least 4 members (excludes halogenated alkanes) is 9. The Bertz CT molecular complexity index is 179. The van der Waals surface area contributed by atoms with Gasteiger partial charge in [0.2, 0.25) is 0 Å². The van der Waals surface area contributed by atoms with E-state index in [1.165, 1.54) is 83.5 Å². The van der Waals surface area contributed by atoms with Crippen LogP contribution in [0.4, 0.5) is 0 Å². The lowest BCUT2D eigenvalue weighted by Crippen LogP contribution is -2.15. The molecule has 122 valence electrons. The molecule has 1 N–H and O–H groups in total. The van der Waals surface area contributed by atoms with Crippen LogP contribution in [-0.4, -0.2) is 11.7 Å². The van der Waals surface area contributed by atoms with Crippen LogP contribution in [0.3, 0.4) is 0 Å². The fourth-order valence-electron chi connectivity index (χ4n) is 3.06. The summed E-state index contributed by atoms with van der Waals surface area (Å²) in [4.78, 5) is 0. The second-order valence-corrected chi connectivity index (χ2v) is 6.68. The summed E-state index contributed by atoms with van der Waals surface area (Å²) < 4.78 is 0. The molecular weight excluding hydrogens is 244 g/mol. The van der Waals surface area contributed by atoms with Gasteiger partial charge in [0.15, 0.2) is 0 Å². The van der Waals surface area contributed by atoms with Crippen molar-refractivity contribution in [3.8, 4) is 0 Å². The summed E-state index contributed by atoms with van der Waals surface area (Å²) >= 11 is 0. The van der Waals surface area contributed by atoms with E-state index in [4.69, 9.17) is 0 Å². The van der Waals surface area contributed by atoms with Gasteiger partial charge in [-0.1, -0.05) is 104 Å². The maximum absolute atomic E-state index is 9.42. The molecule has 20 heavy (non-hydrogen) atoms.